The Labute approximate surface area is 174 Å². The van der Waals surface area contributed by atoms with Gasteiger partial charge in [0.15, 0.2) is 5.11 Å². The lowest BCUT2D eigenvalue weighted by Crippen LogP contribution is -2.54. The average molecular weight is 414 g/mol. The van der Waals surface area contributed by atoms with Crippen molar-refractivity contribution in [2.75, 3.05) is 22.9 Å². The molecule has 2 aromatic carbocycles. The van der Waals surface area contributed by atoms with E-state index in [0.29, 0.717) is 10.7 Å². The summed E-state index contributed by atoms with van der Waals surface area (Å²) in [6, 6.07) is 14.4. The number of benzene rings is 2. The first-order valence-electron chi connectivity index (χ1n) is 8.96. The highest BCUT2D eigenvalue weighted by molar-refractivity contribution is 7.80. The van der Waals surface area contributed by atoms with E-state index in [1.807, 2.05) is 24.3 Å². The Hall–Kier alpha value is -2.70. The van der Waals surface area contributed by atoms with E-state index >= 15 is 0 Å². The zero-order chi connectivity index (χ0) is 20.3. The highest BCUT2D eigenvalue weighted by atomic mass is 35.5. The van der Waals surface area contributed by atoms with Crippen molar-refractivity contribution in [2.24, 2.45) is 0 Å². The van der Waals surface area contributed by atoms with E-state index in [9.17, 15) is 9.59 Å². The molecule has 0 bridgehead atoms. The van der Waals surface area contributed by atoms with Crippen LogP contribution in [0.1, 0.15) is 19.4 Å². The van der Waals surface area contributed by atoms with Gasteiger partial charge in [0, 0.05) is 23.8 Å². The molecule has 1 fully saturated rings. The fraction of sp³-hybridized carbons (Fsp3) is 0.190. The largest absolute Gasteiger partial charge is 0.372 e. The van der Waals surface area contributed by atoms with Gasteiger partial charge in [-0.3, -0.25) is 19.8 Å². The lowest BCUT2D eigenvalue weighted by molar-refractivity contribution is -0.122. The Bertz CT molecular complexity index is 935. The molecule has 28 heavy (non-hydrogen) atoms. The van der Waals surface area contributed by atoms with Crippen LogP contribution in [0.15, 0.2) is 54.1 Å². The maximum Gasteiger partial charge on any atom is 0.270 e. The molecular weight excluding hydrogens is 394 g/mol. The van der Waals surface area contributed by atoms with Crippen LogP contribution in [0, 0.1) is 0 Å². The second kappa shape index (κ2) is 8.54. The fourth-order valence-electron chi connectivity index (χ4n) is 3.02. The SMILES string of the molecule is CCN(CC)c1ccc(C=C2C(=O)NC(=S)N(c3ccc(Cl)cc3)C2=O)cc1. The van der Waals surface area contributed by atoms with Gasteiger partial charge in [-0.05, 0) is 74.1 Å². The van der Waals surface area contributed by atoms with E-state index in [1.165, 1.54) is 4.90 Å². The number of thiocarbonyl (C=S) groups is 1. The maximum atomic E-state index is 13.0. The number of hydrogen-bond donors (Lipinski definition) is 1. The Morgan fingerprint density at radius 1 is 1.04 bits per heavy atom. The van der Waals surface area contributed by atoms with E-state index in [0.717, 1.165) is 24.3 Å². The molecule has 1 aliphatic heterocycles. The molecule has 0 aliphatic carbocycles. The second-order valence-corrected chi connectivity index (χ2v) is 7.02. The van der Waals surface area contributed by atoms with Gasteiger partial charge in [-0.15, -0.1) is 0 Å². The number of rotatable bonds is 5. The van der Waals surface area contributed by atoms with E-state index in [1.54, 1.807) is 30.3 Å². The highest BCUT2D eigenvalue weighted by Gasteiger charge is 2.34. The van der Waals surface area contributed by atoms with Crippen LogP contribution in [0.2, 0.25) is 5.02 Å². The molecule has 1 saturated heterocycles. The number of halogens is 1. The summed E-state index contributed by atoms with van der Waals surface area (Å²) in [6.07, 6.45) is 1.58. The molecule has 1 heterocycles. The standard InChI is InChI=1S/C21H20ClN3O2S/c1-3-24(4-2)16-9-5-14(6-10-16)13-18-19(26)23-21(28)25(20(18)27)17-11-7-15(22)8-12-17/h5-13H,3-4H2,1-2H3,(H,23,26,28). The smallest absolute Gasteiger partial charge is 0.270 e. The van der Waals surface area contributed by atoms with Crippen LogP contribution in [-0.2, 0) is 9.59 Å². The van der Waals surface area contributed by atoms with Crippen molar-refractivity contribution in [1.82, 2.24) is 5.32 Å². The van der Waals surface area contributed by atoms with Crippen molar-refractivity contribution in [3.8, 4) is 0 Å². The Kier molecular flexibility index (Phi) is 6.11. The summed E-state index contributed by atoms with van der Waals surface area (Å²) in [4.78, 5) is 28.9. The Morgan fingerprint density at radius 2 is 1.64 bits per heavy atom. The zero-order valence-corrected chi connectivity index (χ0v) is 17.2. The lowest BCUT2D eigenvalue weighted by Gasteiger charge is -2.29. The van der Waals surface area contributed by atoms with Crippen molar-refractivity contribution in [2.45, 2.75) is 13.8 Å². The molecule has 2 aromatic rings. The van der Waals surface area contributed by atoms with Crippen molar-refractivity contribution >= 4 is 58.2 Å². The minimum Gasteiger partial charge on any atom is -0.372 e. The van der Waals surface area contributed by atoms with Gasteiger partial charge >= 0.3 is 0 Å². The van der Waals surface area contributed by atoms with Crippen molar-refractivity contribution in [3.05, 3.63) is 64.7 Å². The molecular formula is C21H20ClN3O2S. The number of carbonyl (C=O) groups excluding carboxylic acids is 2. The second-order valence-electron chi connectivity index (χ2n) is 6.20. The number of anilines is 2. The van der Waals surface area contributed by atoms with E-state index in [-0.39, 0.29) is 10.7 Å². The van der Waals surface area contributed by atoms with E-state index in [2.05, 4.69) is 24.1 Å². The third-order valence-corrected chi connectivity index (χ3v) is 5.06. The van der Waals surface area contributed by atoms with Crippen molar-refractivity contribution in [1.29, 1.82) is 0 Å². The minimum absolute atomic E-state index is 0.0270. The molecule has 5 nitrogen and oxygen atoms in total. The van der Waals surface area contributed by atoms with Crippen LogP contribution in [0.25, 0.3) is 6.08 Å². The molecule has 3 rings (SSSR count). The van der Waals surface area contributed by atoms with E-state index in [4.69, 9.17) is 23.8 Å². The summed E-state index contributed by atoms with van der Waals surface area (Å²) in [6.45, 7) is 6.01. The van der Waals surface area contributed by atoms with Crippen LogP contribution in [-0.4, -0.2) is 30.0 Å². The van der Waals surface area contributed by atoms with Crippen LogP contribution in [0.3, 0.4) is 0 Å². The molecule has 1 N–H and O–H groups in total. The minimum atomic E-state index is -0.506. The Morgan fingerprint density at radius 3 is 2.21 bits per heavy atom. The predicted molar refractivity (Wildman–Crippen MR) is 118 cm³/mol. The van der Waals surface area contributed by atoms with Gasteiger partial charge in [0.1, 0.15) is 5.57 Å². The van der Waals surface area contributed by atoms with Gasteiger partial charge in [-0.25, -0.2) is 0 Å². The molecule has 0 spiro atoms. The maximum absolute atomic E-state index is 13.0. The van der Waals surface area contributed by atoms with Crippen LogP contribution in [0.4, 0.5) is 11.4 Å². The molecule has 144 valence electrons. The zero-order valence-electron chi connectivity index (χ0n) is 15.6. The number of amides is 2. The molecule has 0 saturated carbocycles. The Balaban J connectivity index is 1.91. The highest BCUT2D eigenvalue weighted by Crippen LogP contribution is 2.24. The summed E-state index contributed by atoms with van der Waals surface area (Å²) < 4.78 is 0. The fourth-order valence-corrected chi connectivity index (χ4v) is 3.43. The van der Waals surface area contributed by atoms with Crippen LogP contribution < -0.4 is 15.1 Å². The van der Waals surface area contributed by atoms with Gasteiger partial charge in [-0.1, -0.05) is 23.7 Å². The van der Waals surface area contributed by atoms with E-state index < -0.39 is 11.8 Å². The topological polar surface area (TPSA) is 52.7 Å². The number of nitrogens with zero attached hydrogens (tertiary/aromatic N) is 2. The van der Waals surface area contributed by atoms with Gasteiger partial charge in [-0.2, -0.15) is 0 Å². The first-order valence-corrected chi connectivity index (χ1v) is 9.75. The summed E-state index contributed by atoms with van der Waals surface area (Å²) in [5.74, 6) is -0.975. The summed E-state index contributed by atoms with van der Waals surface area (Å²) in [5.41, 5.74) is 2.43. The molecule has 7 heteroatoms. The molecule has 2 amide bonds. The normalized spacial score (nSPS) is 15.8. The monoisotopic (exact) mass is 413 g/mol. The summed E-state index contributed by atoms with van der Waals surface area (Å²) >= 11 is 11.1. The van der Waals surface area contributed by atoms with Crippen LogP contribution in [0.5, 0.6) is 0 Å². The number of carbonyl (C=O) groups is 2. The first kappa shape index (κ1) is 20.0. The van der Waals surface area contributed by atoms with Gasteiger partial charge < -0.3 is 4.90 Å². The molecule has 0 unspecified atom stereocenters. The molecule has 1 aliphatic rings. The van der Waals surface area contributed by atoms with Crippen LogP contribution >= 0.6 is 23.8 Å². The predicted octanol–water partition coefficient (Wildman–Crippen LogP) is 4.02. The lowest BCUT2D eigenvalue weighted by atomic mass is 10.1. The van der Waals surface area contributed by atoms with Gasteiger partial charge in [0.05, 0.1) is 5.69 Å². The van der Waals surface area contributed by atoms with Crippen molar-refractivity contribution in [3.63, 3.8) is 0 Å². The average Bonchev–Trinajstić information content (AvgIpc) is 2.68. The third kappa shape index (κ3) is 4.08. The molecule has 0 aromatic heterocycles. The summed E-state index contributed by atoms with van der Waals surface area (Å²) in [7, 11) is 0. The first-order chi connectivity index (χ1) is 13.4. The molecule has 0 radical (unpaired) electrons. The number of hydrogen-bond acceptors (Lipinski definition) is 4. The summed E-state index contributed by atoms with van der Waals surface area (Å²) in [5, 5.41) is 3.18. The van der Waals surface area contributed by atoms with Gasteiger partial charge in [0.25, 0.3) is 11.8 Å². The number of nitrogens with one attached hydrogen (secondary N) is 1. The quantitative estimate of drug-likeness (QED) is 0.457. The van der Waals surface area contributed by atoms with Crippen molar-refractivity contribution < 1.29 is 9.59 Å². The van der Waals surface area contributed by atoms with Gasteiger partial charge in [0.2, 0.25) is 0 Å². The third-order valence-electron chi connectivity index (χ3n) is 4.52. The molecule has 0 atom stereocenters.